The van der Waals surface area contributed by atoms with E-state index in [1.165, 1.54) is 18.1 Å². The quantitative estimate of drug-likeness (QED) is 0.310. The van der Waals surface area contributed by atoms with Crippen molar-refractivity contribution in [1.82, 2.24) is 9.88 Å². The molecule has 4 N–H and O–H groups in total. The lowest BCUT2D eigenvalue weighted by Gasteiger charge is -2.19. The number of carbonyl (C=O) groups is 3. The third-order valence-electron chi connectivity index (χ3n) is 5.91. The van der Waals surface area contributed by atoms with Gasteiger partial charge in [0.1, 0.15) is 11.8 Å². The van der Waals surface area contributed by atoms with Gasteiger partial charge in [0, 0.05) is 12.1 Å². The van der Waals surface area contributed by atoms with E-state index in [2.05, 4.69) is 20.2 Å². The molecule has 0 bridgehead atoms. The Morgan fingerprint density at radius 3 is 2.41 bits per heavy atom. The van der Waals surface area contributed by atoms with Crippen molar-refractivity contribution >= 4 is 18.5 Å². The Labute approximate surface area is 237 Å². The summed E-state index contributed by atoms with van der Waals surface area (Å²) in [7, 11) is 1.22. The van der Waals surface area contributed by atoms with E-state index in [0.717, 1.165) is 32.1 Å². The number of ether oxygens (including phenoxy) is 4. The van der Waals surface area contributed by atoms with E-state index in [1.54, 1.807) is 32.9 Å². The molecular formula is C27H38F2N4O8. The Balaban J connectivity index is 0.000000275. The number of benzene rings is 1. The molecule has 0 radical (unpaired) electrons. The van der Waals surface area contributed by atoms with E-state index in [1.807, 2.05) is 0 Å². The van der Waals surface area contributed by atoms with Crippen LogP contribution in [0.15, 0.2) is 22.6 Å². The zero-order valence-electron chi connectivity index (χ0n) is 23.6. The fourth-order valence-corrected chi connectivity index (χ4v) is 3.66. The molecule has 1 saturated carbocycles. The normalized spacial score (nSPS) is 15.8. The fraction of sp³-hybridized carbons (Fsp3) is 0.556. The van der Waals surface area contributed by atoms with E-state index < -0.39 is 12.7 Å². The molecule has 2 heterocycles. The van der Waals surface area contributed by atoms with E-state index in [0.29, 0.717) is 42.0 Å². The van der Waals surface area contributed by atoms with Crippen molar-refractivity contribution in [2.45, 2.75) is 71.8 Å². The van der Waals surface area contributed by atoms with E-state index in [9.17, 15) is 23.2 Å². The molecule has 1 saturated heterocycles. The van der Waals surface area contributed by atoms with Crippen molar-refractivity contribution in [2.24, 2.45) is 17.4 Å². The smallest absolute Gasteiger partial charge is 0.404 e. The number of aryl methyl sites for hydroxylation is 1. The number of alkyl halides is 2. The third-order valence-corrected chi connectivity index (χ3v) is 5.91. The zero-order chi connectivity index (χ0) is 30.5. The van der Waals surface area contributed by atoms with Gasteiger partial charge >= 0.3 is 18.7 Å². The lowest BCUT2D eigenvalue weighted by Crippen LogP contribution is -2.37. The number of nitrogens with two attached hydrogens (primary N) is 2. The van der Waals surface area contributed by atoms with E-state index in [-0.39, 0.29) is 36.2 Å². The molecule has 228 valence electrons. The van der Waals surface area contributed by atoms with Crippen LogP contribution in [0.1, 0.15) is 51.0 Å². The highest BCUT2D eigenvalue weighted by Crippen LogP contribution is 2.36. The van der Waals surface area contributed by atoms with Gasteiger partial charge < -0.3 is 39.7 Å². The molecule has 2 amide bonds. The minimum absolute atomic E-state index is 0.00623. The Bertz CT molecular complexity index is 1140. The van der Waals surface area contributed by atoms with Crippen LogP contribution >= 0.6 is 0 Å². The topological polar surface area (TPSA) is 169 Å². The molecule has 4 rings (SSSR count). The lowest BCUT2D eigenvalue weighted by atomic mass is 10.2. The Hall–Kier alpha value is -3.94. The predicted molar refractivity (Wildman–Crippen MR) is 143 cm³/mol. The number of primary amides is 1. The van der Waals surface area contributed by atoms with Gasteiger partial charge in [-0.2, -0.15) is 8.78 Å². The largest absolute Gasteiger partial charge is 0.489 e. The summed E-state index contributed by atoms with van der Waals surface area (Å²) in [5.41, 5.74) is 11.3. The number of esters is 1. The minimum Gasteiger partial charge on any atom is -0.489 e. The van der Waals surface area contributed by atoms with Gasteiger partial charge in [-0.05, 0) is 70.6 Å². The molecule has 1 unspecified atom stereocenters. The van der Waals surface area contributed by atoms with Gasteiger partial charge in [0.2, 0.25) is 12.3 Å². The molecule has 14 heteroatoms. The van der Waals surface area contributed by atoms with Crippen molar-refractivity contribution in [2.75, 3.05) is 20.3 Å². The number of carbonyl (C=O) groups excluding carboxylic acids is 3. The van der Waals surface area contributed by atoms with Crippen molar-refractivity contribution in [1.29, 1.82) is 0 Å². The lowest BCUT2D eigenvalue weighted by molar-refractivity contribution is -0.154. The summed E-state index contributed by atoms with van der Waals surface area (Å²) >= 11 is 0. The second-order valence-electron chi connectivity index (χ2n) is 9.54. The first-order valence-corrected chi connectivity index (χ1v) is 13.1. The highest BCUT2D eigenvalue weighted by molar-refractivity contribution is 5.78. The van der Waals surface area contributed by atoms with E-state index in [4.69, 9.17) is 19.6 Å². The maximum Gasteiger partial charge on any atom is 0.404 e. The van der Waals surface area contributed by atoms with Gasteiger partial charge in [0.05, 0.1) is 32.1 Å². The fourth-order valence-electron chi connectivity index (χ4n) is 3.66. The number of amides is 2. The van der Waals surface area contributed by atoms with Gasteiger partial charge in [0.25, 0.3) is 0 Å². The molecule has 1 aromatic heterocycles. The van der Waals surface area contributed by atoms with Gasteiger partial charge in [-0.25, -0.2) is 14.6 Å². The van der Waals surface area contributed by atoms with Crippen LogP contribution in [-0.2, 0) is 25.6 Å². The first-order chi connectivity index (χ1) is 19.5. The van der Waals surface area contributed by atoms with E-state index >= 15 is 0 Å². The second kappa shape index (κ2) is 16.4. The van der Waals surface area contributed by atoms with Crippen LogP contribution in [0.4, 0.5) is 13.6 Å². The number of aromatic nitrogens is 1. The highest BCUT2D eigenvalue weighted by atomic mass is 19.3. The molecule has 41 heavy (non-hydrogen) atoms. The third kappa shape index (κ3) is 11.2. The number of methoxy groups -OCH3 is 1. The van der Waals surface area contributed by atoms with Crippen LogP contribution in [0.2, 0.25) is 0 Å². The summed E-state index contributed by atoms with van der Waals surface area (Å²) in [6, 6.07) is 4.30. The molecule has 0 spiro atoms. The first kappa shape index (κ1) is 33.3. The van der Waals surface area contributed by atoms with Crippen LogP contribution in [-0.4, -0.2) is 67.4 Å². The maximum absolute atomic E-state index is 12.5. The summed E-state index contributed by atoms with van der Waals surface area (Å²) in [5.74, 6) is 1.45. The number of rotatable bonds is 10. The SMILES string of the molecule is CC(C)OC(=O)C1CCCN1C=O.COC(N)=O.Cc1nc(-c2ccc(OC(F)F)c(OCC3CC3)c2)oc1CN. The predicted octanol–water partition coefficient (Wildman–Crippen LogP) is 3.77. The van der Waals surface area contributed by atoms with Crippen LogP contribution < -0.4 is 20.9 Å². The minimum atomic E-state index is -2.91. The second-order valence-corrected chi connectivity index (χ2v) is 9.54. The van der Waals surface area contributed by atoms with Crippen molar-refractivity contribution in [3.8, 4) is 23.0 Å². The standard InChI is InChI=1S/C16H18F2N2O3.C9H15NO3.C2H5NO2/c1-9-14(7-19)22-15(20-9)11-4-5-12(23-16(17)18)13(6-11)21-8-10-2-3-10;1-7(2)13-9(12)8-4-3-5-10(8)6-11;1-5-2(3)4/h4-6,10,16H,2-3,7-8,19H2,1H3;6-8H,3-5H2,1-2H3;1H3,(H2,3,4). The molecule has 12 nitrogen and oxygen atoms in total. The summed E-state index contributed by atoms with van der Waals surface area (Å²) < 4.78 is 49.7. The molecule has 1 aliphatic carbocycles. The van der Waals surface area contributed by atoms with Gasteiger partial charge in [0.15, 0.2) is 11.5 Å². The van der Waals surface area contributed by atoms with Gasteiger partial charge in [-0.3, -0.25) is 4.79 Å². The molecule has 1 aliphatic heterocycles. The molecule has 2 fully saturated rings. The number of nitrogens with zero attached hydrogens (tertiary/aromatic N) is 2. The number of hydrogen-bond donors (Lipinski definition) is 2. The number of hydrogen-bond acceptors (Lipinski definition) is 10. The average Bonchev–Trinajstić information content (AvgIpc) is 3.49. The molecule has 1 atom stereocenters. The zero-order valence-corrected chi connectivity index (χ0v) is 23.6. The van der Waals surface area contributed by atoms with Gasteiger partial charge in [-0.1, -0.05) is 0 Å². The number of halogens is 2. The molecule has 2 aromatic rings. The van der Waals surface area contributed by atoms with Gasteiger partial charge in [-0.15, -0.1) is 0 Å². The summed E-state index contributed by atoms with van der Waals surface area (Å²) in [5, 5.41) is 0. The molecule has 1 aromatic carbocycles. The van der Waals surface area contributed by atoms with Crippen LogP contribution in [0.5, 0.6) is 11.5 Å². The molecular weight excluding hydrogens is 546 g/mol. The average molecular weight is 585 g/mol. The van der Waals surface area contributed by atoms with Crippen molar-refractivity contribution < 1.29 is 46.5 Å². The van der Waals surface area contributed by atoms with Crippen molar-refractivity contribution in [3.05, 3.63) is 29.7 Å². The Kier molecular flexibility index (Phi) is 13.3. The highest BCUT2D eigenvalue weighted by Gasteiger charge is 2.31. The van der Waals surface area contributed by atoms with Crippen LogP contribution in [0, 0.1) is 12.8 Å². The Morgan fingerprint density at radius 2 is 1.90 bits per heavy atom. The maximum atomic E-state index is 12.5. The molecule has 2 aliphatic rings. The Morgan fingerprint density at radius 1 is 1.22 bits per heavy atom. The van der Waals surface area contributed by atoms with Crippen LogP contribution in [0.25, 0.3) is 11.5 Å². The first-order valence-electron chi connectivity index (χ1n) is 13.1. The number of oxazole rings is 1. The van der Waals surface area contributed by atoms with Crippen LogP contribution in [0.3, 0.4) is 0 Å². The summed E-state index contributed by atoms with van der Waals surface area (Å²) in [6.07, 6.45) is 3.68. The summed E-state index contributed by atoms with van der Waals surface area (Å²) in [4.78, 5) is 37.1. The number of likely N-dealkylation sites (tertiary alicyclic amines) is 1. The van der Waals surface area contributed by atoms with Crippen molar-refractivity contribution in [3.63, 3.8) is 0 Å². The monoisotopic (exact) mass is 584 g/mol. The summed E-state index contributed by atoms with van der Waals surface area (Å²) in [6.45, 7) is 3.90.